The summed E-state index contributed by atoms with van der Waals surface area (Å²) >= 11 is 2.49. The Morgan fingerprint density at radius 3 is 2.73 bits per heavy atom. The third kappa shape index (κ3) is 5.26. The number of thioether (sulfide) groups is 1. The van der Waals surface area contributed by atoms with Gasteiger partial charge < -0.3 is 10.1 Å². The van der Waals surface area contributed by atoms with E-state index in [-0.39, 0.29) is 28.0 Å². The molecule has 3 rings (SSSR count). The number of rotatable bonds is 8. The van der Waals surface area contributed by atoms with E-state index in [0.29, 0.717) is 26.7 Å². The molecule has 3 aromatic rings. The summed E-state index contributed by atoms with van der Waals surface area (Å²) in [7, 11) is -1.96. The predicted octanol–water partition coefficient (Wildman–Crippen LogP) is 3.49. The average Bonchev–Trinajstić information content (AvgIpc) is 3.08. The van der Waals surface area contributed by atoms with Crippen molar-refractivity contribution in [3.8, 4) is 5.75 Å². The van der Waals surface area contributed by atoms with Crippen molar-refractivity contribution in [2.45, 2.75) is 10.6 Å². The highest BCUT2D eigenvalue weighted by Gasteiger charge is 2.16. The highest BCUT2D eigenvalue weighted by atomic mass is 32.2. The van der Waals surface area contributed by atoms with Crippen LogP contribution >= 0.6 is 23.1 Å². The number of hydrogen-bond donors (Lipinski definition) is 1. The fourth-order valence-corrected chi connectivity index (χ4v) is 4.99. The first kappa shape index (κ1) is 22.0. The number of aromatic nitrogens is 1. The molecule has 0 radical (unpaired) electrons. The number of sulfone groups is 1. The topological polar surface area (TPSA) is 128 Å². The summed E-state index contributed by atoms with van der Waals surface area (Å²) in [5.74, 6) is 0.451. The molecule has 12 heteroatoms. The Morgan fingerprint density at radius 1 is 1.30 bits per heavy atom. The molecule has 9 nitrogen and oxygen atoms in total. The van der Waals surface area contributed by atoms with E-state index >= 15 is 0 Å². The number of fused-ring (bicyclic) bond motifs is 1. The Bertz CT molecular complexity index is 1220. The van der Waals surface area contributed by atoms with E-state index < -0.39 is 14.8 Å². The van der Waals surface area contributed by atoms with Crippen LogP contribution in [0.15, 0.2) is 41.3 Å². The number of nitro benzene ring substituents is 1. The van der Waals surface area contributed by atoms with Gasteiger partial charge in [-0.3, -0.25) is 14.9 Å². The van der Waals surface area contributed by atoms with Crippen LogP contribution in [0.3, 0.4) is 0 Å². The van der Waals surface area contributed by atoms with Crippen molar-refractivity contribution >= 4 is 59.9 Å². The summed E-state index contributed by atoms with van der Waals surface area (Å²) in [5.41, 5.74) is 1.18. The molecule has 0 atom stereocenters. The second-order valence-electron chi connectivity index (χ2n) is 6.23. The fraction of sp³-hybridized carbons (Fsp3) is 0.222. The number of carbonyl (C=O) groups is 1. The van der Waals surface area contributed by atoms with Crippen molar-refractivity contribution in [2.75, 3.05) is 24.4 Å². The molecule has 1 aromatic heterocycles. The third-order valence-electron chi connectivity index (χ3n) is 3.98. The van der Waals surface area contributed by atoms with Gasteiger partial charge in [0.15, 0.2) is 20.7 Å². The van der Waals surface area contributed by atoms with Crippen molar-refractivity contribution in [2.24, 2.45) is 0 Å². The van der Waals surface area contributed by atoms with Gasteiger partial charge in [0.2, 0.25) is 5.91 Å². The van der Waals surface area contributed by atoms with Gasteiger partial charge in [-0.05, 0) is 29.8 Å². The molecule has 0 saturated heterocycles. The lowest BCUT2D eigenvalue weighted by molar-refractivity contribution is -0.385. The van der Waals surface area contributed by atoms with E-state index in [9.17, 15) is 23.3 Å². The minimum absolute atomic E-state index is 0.122. The monoisotopic (exact) mass is 467 g/mol. The van der Waals surface area contributed by atoms with Crippen LogP contribution in [0.1, 0.15) is 5.56 Å². The van der Waals surface area contributed by atoms with Gasteiger partial charge in [0, 0.05) is 18.1 Å². The lowest BCUT2D eigenvalue weighted by atomic mass is 10.2. The number of methoxy groups -OCH3 is 1. The number of nitrogens with zero attached hydrogens (tertiary/aromatic N) is 2. The molecule has 2 aromatic carbocycles. The van der Waals surface area contributed by atoms with Gasteiger partial charge in [-0.15, -0.1) is 11.8 Å². The molecule has 1 N–H and O–H groups in total. The Kier molecular flexibility index (Phi) is 6.58. The maximum Gasteiger partial charge on any atom is 0.311 e. The van der Waals surface area contributed by atoms with E-state index in [2.05, 4.69) is 10.3 Å². The molecule has 0 aliphatic heterocycles. The molecule has 30 heavy (non-hydrogen) atoms. The second-order valence-corrected chi connectivity index (χ2v) is 10.3. The first-order valence-corrected chi connectivity index (χ1v) is 12.3. The normalized spacial score (nSPS) is 11.4. The molecule has 1 amide bonds. The molecule has 0 bridgehead atoms. The summed E-state index contributed by atoms with van der Waals surface area (Å²) in [6.45, 7) is 0. The average molecular weight is 468 g/mol. The molecule has 0 saturated carbocycles. The highest BCUT2D eigenvalue weighted by molar-refractivity contribution is 7.99. The standard InChI is InChI=1S/C18H17N3O6S3/c1-27-15-6-3-11(7-14(15)21(23)24)9-28-10-17(22)20-18-19-13-5-4-12(30(2,25)26)8-16(13)29-18/h3-8H,9-10H2,1-2H3,(H,19,20,22). The van der Waals surface area contributed by atoms with Crippen LogP contribution in [0.4, 0.5) is 10.8 Å². The van der Waals surface area contributed by atoms with Crippen molar-refractivity contribution in [3.05, 3.63) is 52.1 Å². The van der Waals surface area contributed by atoms with E-state index in [1.54, 1.807) is 12.1 Å². The zero-order chi connectivity index (χ0) is 21.9. The van der Waals surface area contributed by atoms with Crippen LogP contribution in [-0.2, 0) is 20.4 Å². The predicted molar refractivity (Wildman–Crippen MR) is 117 cm³/mol. The van der Waals surface area contributed by atoms with Crippen LogP contribution in [0.25, 0.3) is 10.2 Å². The number of amides is 1. The Balaban J connectivity index is 1.60. The SMILES string of the molecule is COc1ccc(CSCC(=O)Nc2nc3ccc(S(C)(=O)=O)cc3s2)cc1[N+](=O)[O-]. The lowest BCUT2D eigenvalue weighted by Gasteiger charge is -2.05. The maximum absolute atomic E-state index is 12.2. The Hall–Kier alpha value is -2.70. The van der Waals surface area contributed by atoms with Gasteiger partial charge >= 0.3 is 5.69 Å². The maximum atomic E-state index is 12.2. The van der Waals surface area contributed by atoms with Crippen molar-refractivity contribution in [1.29, 1.82) is 0 Å². The van der Waals surface area contributed by atoms with Gasteiger partial charge in [0.1, 0.15) is 0 Å². The quantitative estimate of drug-likeness (QED) is 0.394. The van der Waals surface area contributed by atoms with Gasteiger partial charge in [-0.2, -0.15) is 0 Å². The smallest absolute Gasteiger partial charge is 0.311 e. The largest absolute Gasteiger partial charge is 0.490 e. The Labute approximate surface area is 180 Å². The molecule has 0 aliphatic rings. The van der Waals surface area contributed by atoms with Crippen LogP contribution < -0.4 is 10.1 Å². The number of benzene rings is 2. The van der Waals surface area contributed by atoms with Crippen LogP contribution in [0.2, 0.25) is 0 Å². The summed E-state index contributed by atoms with van der Waals surface area (Å²) in [4.78, 5) is 27.2. The molecule has 158 valence electrons. The van der Waals surface area contributed by atoms with Crippen LogP contribution in [0.5, 0.6) is 5.75 Å². The van der Waals surface area contributed by atoms with E-state index in [1.165, 1.54) is 54.5 Å². The number of thiazole rings is 1. The summed E-state index contributed by atoms with van der Waals surface area (Å²) in [5, 5.41) is 14.2. The second kappa shape index (κ2) is 8.98. The fourth-order valence-electron chi connectivity index (χ4n) is 2.57. The van der Waals surface area contributed by atoms with Crippen LogP contribution in [-0.4, -0.2) is 43.4 Å². The lowest BCUT2D eigenvalue weighted by Crippen LogP contribution is -2.13. The minimum Gasteiger partial charge on any atom is -0.490 e. The Morgan fingerprint density at radius 2 is 2.07 bits per heavy atom. The van der Waals surface area contributed by atoms with Crippen molar-refractivity contribution in [3.63, 3.8) is 0 Å². The molecule has 0 spiro atoms. The summed E-state index contributed by atoms with van der Waals surface area (Å²) in [6, 6.07) is 9.28. The number of nitrogens with one attached hydrogen (secondary N) is 1. The summed E-state index contributed by atoms with van der Waals surface area (Å²) < 4.78 is 28.9. The molecule has 0 fully saturated rings. The molecule has 0 unspecified atom stereocenters. The number of ether oxygens (including phenoxy) is 1. The molecular weight excluding hydrogens is 450 g/mol. The minimum atomic E-state index is -3.32. The van der Waals surface area contributed by atoms with Crippen molar-refractivity contribution in [1.82, 2.24) is 4.98 Å². The van der Waals surface area contributed by atoms with Gasteiger partial charge in [0.05, 0.1) is 32.9 Å². The highest BCUT2D eigenvalue weighted by Crippen LogP contribution is 2.30. The zero-order valence-electron chi connectivity index (χ0n) is 15.9. The van der Waals surface area contributed by atoms with Crippen LogP contribution in [0, 0.1) is 10.1 Å². The number of nitro groups is 1. The number of carbonyl (C=O) groups excluding carboxylic acids is 1. The number of hydrogen-bond acceptors (Lipinski definition) is 9. The van der Waals surface area contributed by atoms with Gasteiger partial charge in [-0.1, -0.05) is 17.4 Å². The molecule has 0 aliphatic carbocycles. The summed E-state index contributed by atoms with van der Waals surface area (Å²) in [6.07, 6.45) is 1.13. The van der Waals surface area contributed by atoms with Crippen molar-refractivity contribution < 1.29 is 22.9 Å². The van der Waals surface area contributed by atoms with E-state index in [1.807, 2.05) is 0 Å². The van der Waals surface area contributed by atoms with Gasteiger partial charge in [0.25, 0.3) is 0 Å². The third-order valence-corrected chi connectivity index (χ3v) is 7.02. The zero-order valence-corrected chi connectivity index (χ0v) is 18.4. The van der Waals surface area contributed by atoms with Gasteiger partial charge in [-0.25, -0.2) is 13.4 Å². The number of anilines is 1. The van der Waals surface area contributed by atoms with E-state index in [4.69, 9.17) is 4.74 Å². The first-order chi connectivity index (χ1) is 14.2. The first-order valence-electron chi connectivity index (χ1n) is 8.47. The molecular formula is C18H17N3O6S3. The molecule has 1 heterocycles. The van der Waals surface area contributed by atoms with E-state index in [0.717, 1.165) is 6.26 Å².